The van der Waals surface area contributed by atoms with Gasteiger partial charge in [0, 0.05) is 25.1 Å². The molecule has 0 saturated carbocycles. The van der Waals surface area contributed by atoms with Gasteiger partial charge in [-0.3, -0.25) is 0 Å². The van der Waals surface area contributed by atoms with Crippen molar-refractivity contribution in [3.05, 3.63) is 71.3 Å². The number of rotatable bonds is 14. The Labute approximate surface area is 214 Å². The van der Waals surface area contributed by atoms with Crippen molar-refractivity contribution >= 4 is 5.78 Å². The molecule has 0 fully saturated rings. The molecule has 0 aromatic heterocycles. The van der Waals surface area contributed by atoms with Crippen molar-refractivity contribution in [3.63, 3.8) is 0 Å². The van der Waals surface area contributed by atoms with Crippen molar-refractivity contribution in [1.29, 1.82) is 0 Å². The standard InChI is InChI=1S/C30H37NO5/c1-6-35-25-13-7-11-23(16-25)27-14-8-12-24(22(27)3)20-36-26-17-29(33-4)28(30(18-26)34-5)19-31-15-9-10-21(2)32/h7-8,11-14,16-18,31H,6,9-10,15,19-20H2,1-5H3. The fourth-order valence-corrected chi connectivity index (χ4v) is 4.13. The molecule has 6 heteroatoms. The Balaban J connectivity index is 1.74. The number of ether oxygens (including phenoxy) is 4. The van der Waals surface area contributed by atoms with E-state index in [1.807, 2.05) is 31.2 Å². The van der Waals surface area contributed by atoms with Gasteiger partial charge in [0.05, 0.1) is 26.4 Å². The summed E-state index contributed by atoms with van der Waals surface area (Å²) in [6.45, 7) is 8.09. The Morgan fingerprint density at radius 1 is 0.917 bits per heavy atom. The molecular formula is C30H37NO5. The fourth-order valence-electron chi connectivity index (χ4n) is 4.13. The maximum atomic E-state index is 11.1. The molecule has 3 rings (SSSR count). The number of nitrogens with one attached hydrogen (secondary N) is 1. The number of Topliss-reactive ketones (excluding diaryl/α,β-unsaturated/α-hetero) is 1. The van der Waals surface area contributed by atoms with Gasteiger partial charge in [-0.15, -0.1) is 0 Å². The number of benzene rings is 3. The second kappa shape index (κ2) is 13.5. The summed E-state index contributed by atoms with van der Waals surface area (Å²) < 4.78 is 23.2. The van der Waals surface area contributed by atoms with Crippen LogP contribution in [0.4, 0.5) is 0 Å². The van der Waals surface area contributed by atoms with Gasteiger partial charge in [0.25, 0.3) is 0 Å². The average molecular weight is 492 g/mol. The van der Waals surface area contributed by atoms with E-state index in [1.165, 1.54) is 0 Å². The zero-order valence-electron chi connectivity index (χ0n) is 22.0. The highest BCUT2D eigenvalue weighted by molar-refractivity contribution is 5.75. The second-order valence-electron chi connectivity index (χ2n) is 8.63. The molecule has 0 aliphatic rings. The van der Waals surface area contributed by atoms with E-state index < -0.39 is 0 Å². The van der Waals surface area contributed by atoms with Crippen molar-refractivity contribution in [1.82, 2.24) is 5.32 Å². The van der Waals surface area contributed by atoms with Gasteiger partial charge in [-0.05, 0) is 68.1 Å². The highest BCUT2D eigenvalue weighted by Gasteiger charge is 2.14. The second-order valence-corrected chi connectivity index (χ2v) is 8.63. The van der Waals surface area contributed by atoms with Gasteiger partial charge < -0.3 is 29.1 Å². The zero-order valence-corrected chi connectivity index (χ0v) is 22.0. The Hall–Kier alpha value is -3.51. The first-order valence-corrected chi connectivity index (χ1v) is 12.4. The van der Waals surface area contributed by atoms with E-state index >= 15 is 0 Å². The molecule has 0 aliphatic heterocycles. The molecule has 0 atom stereocenters. The van der Waals surface area contributed by atoms with E-state index in [2.05, 4.69) is 42.6 Å². The summed E-state index contributed by atoms with van der Waals surface area (Å²) in [6, 6.07) is 18.2. The van der Waals surface area contributed by atoms with Gasteiger partial charge in [0.2, 0.25) is 0 Å². The summed E-state index contributed by atoms with van der Waals surface area (Å²) in [5.74, 6) is 3.13. The first kappa shape index (κ1) is 27.1. The number of carbonyl (C=O) groups is 1. The quantitative estimate of drug-likeness (QED) is 0.274. The highest BCUT2D eigenvalue weighted by Crippen LogP contribution is 2.35. The van der Waals surface area contributed by atoms with Crippen molar-refractivity contribution in [2.24, 2.45) is 0 Å². The topological polar surface area (TPSA) is 66.0 Å². The first-order valence-electron chi connectivity index (χ1n) is 12.4. The molecule has 0 spiro atoms. The Morgan fingerprint density at radius 2 is 1.64 bits per heavy atom. The fraction of sp³-hybridized carbons (Fsp3) is 0.367. The number of carbonyl (C=O) groups excluding carboxylic acids is 1. The van der Waals surface area contributed by atoms with Gasteiger partial charge in [0.1, 0.15) is 35.4 Å². The van der Waals surface area contributed by atoms with Crippen molar-refractivity contribution in [2.45, 2.75) is 46.8 Å². The lowest BCUT2D eigenvalue weighted by Crippen LogP contribution is -2.16. The van der Waals surface area contributed by atoms with Crippen LogP contribution >= 0.6 is 0 Å². The van der Waals surface area contributed by atoms with Gasteiger partial charge in [0.15, 0.2) is 0 Å². The molecule has 36 heavy (non-hydrogen) atoms. The molecule has 1 N–H and O–H groups in total. The highest BCUT2D eigenvalue weighted by atomic mass is 16.5. The van der Waals surface area contributed by atoms with E-state index in [-0.39, 0.29) is 5.78 Å². The smallest absolute Gasteiger partial charge is 0.130 e. The normalized spacial score (nSPS) is 10.7. The van der Waals surface area contributed by atoms with Gasteiger partial charge in [-0.1, -0.05) is 30.3 Å². The maximum Gasteiger partial charge on any atom is 0.130 e. The first-order chi connectivity index (χ1) is 17.5. The molecule has 0 heterocycles. The number of hydrogen-bond donors (Lipinski definition) is 1. The maximum absolute atomic E-state index is 11.1. The van der Waals surface area contributed by atoms with Gasteiger partial charge in [-0.25, -0.2) is 0 Å². The molecule has 0 amide bonds. The van der Waals surface area contributed by atoms with Crippen LogP contribution in [-0.4, -0.2) is 33.2 Å². The van der Waals surface area contributed by atoms with E-state index in [4.69, 9.17) is 18.9 Å². The van der Waals surface area contributed by atoms with E-state index in [1.54, 1.807) is 21.1 Å². The molecule has 6 nitrogen and oxygen atoms in total. The summed E-state index contributed by atoms with van der Waals surface area (Å²) in [5, 5.41) is 3.36. The van der Waals surface area contributed by atoms with Gasteiger partial charge >= 0.3 is 0 Å². The summed E-state index contributed by atoms with van der Waals surface area (Å²) in [6.07, 6.45) is 1.38. The zero-order chi connectivity index (χ0) is 25.9. The minimum atomic E-state index is 0.202. The summed E-state index contributed by atoms with van der Waals surface area (Å²) in [7, 11) is 3.28. The van der Waals surface area contributed by atoms with Gasteiger partial charge in [-0.2, -0.15) is 0 Å². The number of ketones is 1. The third kappa shape index (κ3) is 7.25. The minimum Gasteiger partial charge on any atom is -0.496 e. The molecular weight excluding hydrogens is 454 g/mol. The van der Waals surface area contributed by atoms with Crippen molar-refractivity contribution in [2.75, 3.05) is 27.4 Å². The van der Waals surface area contributed by atoms with Crippen LogP contribution in [0.5, 0.6) is 23.0 Å². The molecule has 0 radical (unpaired) electrons. The molecule has 3 aromatic carbocycles. The summed E-state index contributed by atoms with van der Waals surface area (Å²) in [4.78, 5) is 11.1. The molecule has 3 aromatic rings. The Bertz CT molecular complexity index is 1130. The lowest BCUT2D eigenvalue weighted by Gasteiger charge is -2.17. The molecule has 192 valence electrons. The predicted octanol–water partition coefficient (Wildman–Crippen LogP) is 6.12. The van der Waals surface area contributed by atoms with Crippen LogP contribution in [0.25, 0.3) is 11.1 Å². The van der Waals surface area contributed by atoms with Crippen LogP contribution in [0.3, 0.4) is 0 Å². The number of methoxy groups -OCH3 is 2. The SMILES string of the molecule is CCOc1cccc(-c2cccc(COc3cc(OC)c(CNCCCC(C)=O)c(OC)c3)c2C)c1. The third-order valence-electron chi connectivity index (χ3n) is 6.06. The van der Waals surface area contributed by atoms with Crippen LogP contribution in [-0.2, 0) is 17.9 Å². The lowest BCUT2D eigenvalue weighted by molar-refractivity contribution is -0.117. The average Bonchev–Trinajstić information content (AvgIpc) is 2.88. The van der Waals surface area contributed by atoms with Crippen LogP contribution < -0.4 is 24.3 Å². The van der Waals surface area contributed by atoms with E-state index in [0.29, 0.717) is 43.4 Å². The van der Waals surface area contributed by atoms with E-state index in [9.17, 15) is 4.79 Å². The van der Waals surface area contributed by atoms with Crippen molar-refractivity contribution < 1.29 is 23.7 Å². The molecule has 0 aliphatic carbocycles. The third-order valence-corrected chi connectivity index (χ3v) is 6.06. The van der Waals surface area contributed by atoms with Crippen LogP contribution in [0, 0.1) is 6.92 Å². The van der Waals surface area contributed by atoms with Crippen LogP contribution in [0.15, 0.2) is 54.6 Å². The summed E-state index contributed by atoms with van der Waals surface area (Å²) >= 11 is 0. The lowest BCUT2D eigenvalue weighted by atomic mass is 9.96. The van der Waals surface area contributed by atoms with Crippen LogP contribution in [0.1, 0.15) is 43.4 Å². The molecule has 0 saturated heterocycles. The van der Waals surface area contributed by atoms with E-state index in [0.717, 1.165) is 46.5 Å². The molecule has 0 unspecified atom stereocenters. The van der Waals surface area contributed by atoms with Crippen molar-refractivity contribution in [3.8, 4) is 34.1 Å². The largest absolute Gasteiger partial charge is 0.496 e. The number of hydrogen-bond acceptors (Lipinski definition) is 6. The Morgan fingerprint density at radius 3 is 2.31 bits per heavy atom. The monoisotopic (exact) mass is 491 g/mol. The predicted molar refractivity (Wildman–Crippen MR) is 143 cm³/mol. The minimum absolute atomic E-state index is 0.202. The molecule has 0 bridgehead atoms. The Kier molecular flexibility index (Phi) is 10.2. The summed E-state index contributed by atoms with van der Waals surface area (Å²) in [5.41, 5.74) is 5.45. The van der Waals surface area contributed by atoms with Crippen LogP contribution in [0.2, 0.25) is 0 Å².